The van der Waals surface area contributed by atoms with Crippen molar-refractivity contribution in [2.75, 3.05) is 19.1 Å². The summed E-state index contributed by atoms with van der Waals surface area (Å²) in [5.41, 5.74) is 2.61. The molecule has 1 saturated heterocycles. The molecular weight excluding hydrogens is 512 g/mol. The number of fused-ring (bicyclic) bond motifs is 1. The molecule has 37 heavy (non-hydrogen) atoms. The van der Waals surface area contributed by atoms with Crippen molar-refractivity contribution in [2.24, 2.45) is 0 Å². The van der Waals surface area contributed by atoms with E-state index in [1.54, 1.807) is 42.5 Å². The number of anilines is 1. The third-order valence-electron chi connectivity index (χ3n) is 6.35. The fourth-order valence-corrected chi connectivity index (χ4v) is 5.68. The fraction of sp³-hybridized carbons (Fsp3) is 0.179. The van der Waals surface area contributed by atoms with Gasteiger partial charge in [0.25, 0.3) is 5.78 Å². The number of aliphatic hydroxyl groups is 1. The number of para-hydroxylation sites is 1. The van der Waals surface area contributed by atoms with Crippen molar-refractivity contribution >= 4 is 55.7 Å². The summed E-state index contributed by atoms with van der Waals surface area (Å²) in [5, 5.41) is 12.2. The van der Waals surface area contributed by atoms with Crippen molar-refractivity contribution in [1.29, 1.82) is 0 Å². The Morgan fingerprint density at radius 1 is 1.08 bits per heavy atom. The number of halogens is 1. The van der Waals surface area contributed by atoms with Crippen molar-refractivity contribution in [3.05, 3.63) is 87.9 Å². The summed E-state index contributed by atoms with van der Waals surface area (Å²) in [6.45, 7) is 2.06. The minimum Gasteiger partial charge on any atom is -0.507 e. The number of thiazole rings is 1. The molecule has 2 heterocycles. The number of ketones is 1. The quantitative estimate of drug-likeness (QED) is 0.181. The zero-order valence-electron chi connectivity index (χ0n) is 20.3. The van der Waals surface area contributed by atoms with Crippen LogP contribution in [0.1, 0.15) is 29.7 Å². The van der Waals surface area contributed by atoms with Crippen LogP contribution >= 0.6 is 22.9 Å². The van der Waals surface area contributed by atoms with Gasteiger partial charge in [-0.2, -0.15) is 0 Å². The van der Waals surface area contributed by atoms with E-state index in [0.29, 0.717) is 38.3 Å². The number of hydrogen-bond donors (Lipinski definition) is 1. The van der Waals surface area contributed by atoms with Crippen molar-refractivity contribution in [1.82, 2.24) is 4.98 Å². The number of carbonyl (C=O) groups excluding carboxylic acids is 2. The molecule has 1 N–H and O–H groups in total. The molecule has 0 bridgehead atoms. The van der Waals surface area contributed by atoms with Crippen molar-refractivity contribution < 1.29 is 24.2 Å². The maximum atomic E-state index is 13.5. The highest BCUT2D eigenvalue weighted by atomic mass is 35.5. The molecule has 0 saturated carbocycles. The Kier molecular flexibility index (Phi) is 6.62. The average molecular weight is 535 g/mol. The zero-order valence-corrected chi connectivity index (χ0v) is 21.9. The van der Waals surface area contributed by atoms with E-state index in [1.807, 2.05) is 18.2 Å². The summed E-state index contributed by atoms with van der Waals surface area (Å²) in [6.07, 6.45) is 0.857. The second-order valence-corrected chi connectivity index (χ2v) is 9.86. The van der Waals surface area contributed by atoms with Crippen LogP contribution in [0.2, 0.25) is 5.02 Å². The summed E-state index contributed by atoms with van der Waals surface area (Å²) >= 11 is 7.34. The molecule has 7 nitrogen and oxygen atoms in total. The van der Waals surface area contributed by atoms with Crippen LogP contribution < -0.4 is 14.4 Å². The molecule has 0 radical (unpaired) electrons. The van der Waals surface area contributed by atoms with Crippen LogP contribution in [0.4, 0.5) is 5.13 Å². The zero-order chi connectivity index (χ0) is 26.3. The Labute approximate surface area is 222 Å². The van der Waals surface area contributed by atoms with Crippen LogP contribution in [-0.4, -0.2) is 36.0 Å². The number of hydrogen-bond acceptors (Lipinski definition) is 7. The smallest absolute Gasteiger partial charge is 0.301 e. The van der Waals surface area contributed by atoms with Gasteiger partial charge >= 0.3 is 5.91 Å². The summed E-state index contributed by atoms with van der Waals surface area (Å²) in [6, 6.07) is 16.5. The first-order valence-corrected chi connectivity index (χ1v) is 12.7. The number of rotatable bonds is 6. The van der Waals surface area contributed by atoms with E-state index in [4.69, 9.17) is 21.1 Å². The number of nitrogens with zero attached hydrogens (tertiary/aromatic N) is 2. The molecule has 4 aromatic rings. The molecule has 188 valence electrons. The number of aromatic nitrogens is 1. The van der Waals surface area contributed by atoms with Gasteiger partial charge in [-0.3, -0.25) is 14.5 Å². The van der Waals surface area contributed by atoms with Gasteiger partial charge in [-0.25, -0.2) is 4.98 Å². The summed E-state index contributed by atoms with van der Waals surface area (Å²) in [7, 11) is 2.99. The normalized spacial score (nSPS) is 17.0. The maximum absolute atomic E-state index is 13.5. The lowest BCUT2D eigenvalue weighted by atomic mass is 9.94. The third-order valence-corrected chi connectivity index (χ3v) is 7.62. The fourth-order valence-electron chi connectivity index (χ4n) is 4.49. The lowest BCUT2D eigenvalue weighted by molar-refractivity contribution is -0.132. The topological polar surface area (TPSA) is 89.0 Å². The largest absolute Gasteiger partial charge is 0.507 e. The highest BCUT2D eigenvalue weighted by Gasteiger charge is 2.49. The van der Waals surface area contributed by atoms with Gasteiger partial charge in [-0.15, -0.1) is 0 Å². The van der Waals surface area contributed by atoms with E-state index in [2.05, 4.69) is 11.9 Å². The third kappa shape index (κ3) is 4.22. The van der Waals surface area contributed by atoms with Gasteiger partial charge in [0.05, 0.1) is 30.0 Å². The molecule has 1 fully saturated rings. The molecule has 5 rings (SSSR count). The van der Waals surface area contributed by atoms with E-state index in [0.717, 1.165) is 16.7 Å². The number of aryl methyl sites for hydroxylation is 1. The van der Waals surface area contributed by atoms with Gasteiger partial charge in [-0.1, -0.05) is 48.1 Å². The van der Waals surface area contributed by atoms with Gasteiger partial charge in [-0.05, 0) is 54.4 Å². The SMILES string of the molecule is CCc1ccc2nc(N3C(=O)C(=O)/C(=C(/O)c4ccc(Cl)cc4)[C@@H]3c3cccc(OC)c3OC)sc2c1. The number of aliphatic hydroxyl groups excluding tert-OH is 1. The van der Waals surface area contributed by atoms with E-state index in [-0.39, 0.29) is 11.3 Å². The van der Waals surface area contributed by atoms with E-state index in [1.165, 1.54) is 30.5 Å². The standard InChI is InChI=1S/C28H23ClN2O5S/c1-4-15-8-13-19-21(14-15)37-28(30-19)31-23(18-6-5-7-20(35-2)26(18)36-3)22(25(33)27(31)34)24(32)16-9-11-17(29)12-10-16/h5-14,23,32H,4H2,1-3H3/b24-22+/t23-/m0/s1. The molecule has 9 heteroatoms. The first-order chi connectivity index (χ1) is 17.9. The van der Waals surface area contributed by atoms with Gasteiger partial charge in [0, 0.05) is 16.1 Å². The van der Waals surface area contributed by atoms with Crippen molar-refractivity contribution in [3.8, 4) is 11.5 Å². The van der Waals surface area contributed by atoms with Gasteiger partial charge < -0.3 is 14.6 Å². The lowest BCUT2D eigenvalue weighted by Gasteiger charge is -2.25. The van der Waals surface area contributed by atoms with E-state index < -0.39 is 17.7 Å². The number of carbonyl (C=O) groups is 2. The highest BCUT2D eigenvalue weighted by molar-refractivity contribution is 7.22. The lowest BCUT2D eigenvalue weighted by Crippen LogP contribution is -2.29. The van der Waals surface area contributed by atoms with Gasteiger partial charge in [0.1, 0.15) is 11.8 Å². The average Bonchev–Trinajstić information content (AvgIpc) is 3.45. The maximum Gasteiger partial charge on any atom is 0.301 e. The predicted molar refractivity (Wildman–Crippen MR) is 145 cm³/mol. The second kappa shape index (κ2) is 9.88. The monoisotopic (exact) mass is 534 g/mol. The van der Waals surface area contributed by atoms with Crippen LogP contribution in [0.25, 0.3) is 16.0 Å². The van der Waals surface area contributed by atoms with Crippen LogP contribution in [-0.2, 0) is 16.0 Å². The number of methoxy groups -OCH3 is 2. The Morgan fingerprint density at radius 3 is 2.51 bits per heavy atom. The molecule has 1 aromatic heterocycles. The molecule has 0 aliphatic carbocycles. The first kappa shape index (κ1) is 24.8. The first-order valence-electron chi connectivity index (χ1n) is 11.5. The Bertz CT molecular complexity index is 1560. The van der Waals surface area contributed by atoms with E-state index >= 15 is 0 Å². The Morgan fingerprint density at radius 2 is 1.84 bits per heavy atom. The summed E-state index contributed by atoms with van der Waals surface area (Å²) in [5.74, 6) is -1.16. The molecule has 1 amide bonds. The summed E-state index contributed by atoms with van der Waals surface area (Å²) < 4.78 is 12.0. The van der Waals surface area contributed by atoms with Crippen molar-refractivity contribution in [3.63, 3.8) is 0 Å². The molecule has 1 atom stereocenters. The molecule has 1 aliphatic heterocycles. The molecule has 3 aromatic carbocycles. The van der Waals surface area contributed by atoms with E-state index in [9.17, 15) is 14.7 Å². The molecular formula is C28H23ClN2O5S. The Hall–Kier alpha value is -3.88. The molecule has 0 unspecified atom stereocenters. The molecule has 0 spiro atoms. The second-order valence-electron chi connectivity index (χ2n) is 8.41. The minimum absolute atomic E-state index is 0.0765. The van der Waals surface area contributed by atoms with Gasteiger partial charge in [0.15, 0.2) is 16.6 Å². The van der Waals surface area contributed by atoms with Crippen LogP contribution in [0.3, 0.4) is 0 Å². The molecule has 1 aliphatic rings. The minimum atomic E-state index is -1.01. The Balaban J connectivity index is 1.77. The number of Topliss-reactive ketones (excluding diaryl/α,β-unsaturated/α-hetero) is 1. The number of ether oxygens (including phenoxy) is 2. The number of amides is 1. The van der Waals surface area contributed by atoms with Crippen LogP contribution in [0.5, 0.6) is 11.5 Å². The van der Waals surface area contributed by atoms with Crippen molar-refractivity contribution in [2.45, 2.75) is 19.4 Å². The highest BCUT2D eigenvalue weighted by Crippen LogP contribution is 2.48. The number of benzene rings is 3. The van der Waals surface area contributed by atoms with Crippen LogP contribution in [0.15, 0.2) is 66.2 Å². The summed E-state index contributed by atoms with van der Waals surface area (Å²) in [4.78, 5) is 33.1. The van der Waals surface area contributed by atoms with Gasteiger partial charge in [0.2, 0.25) is 0 Å². The van der Waals surface area contributed by atoms with Crippen LogP contribution in [0, 0.1) is 0 Å². The predicted octanol–water partition coefficient (Wildman–Crippen LogP) is 6.16.